The van der Waals surface area contributed by atoms with Crippen molar-refractivity contribution in [1.82, 2.24) is 23.8 Å². The van der Waals surface area contributed by atoms with Crippen LogP contribution in [-0.4, -0.2) is 98.7 Å². The molecule has 3 aliphatic heterocycles. The van der Waals surface area contributed by atoms with Crippen molar-refractivity contribution in [3.63, 3.8) is 0 Å². The number of fused-ring (bicyclic) bond motifs is 2. The number of anilines is 1. The molecule has 5 heterocycles. The van der Waals surface area contributed by atoms with Gasteiger partial charge in [-0.05, 0) is 130 Å². The van der Waals surface area contributed by atoms with E-state index in [1.54, 1.807) is 12.1 Å². The summed E-state index contributed by atoms with van der Waals surface area (Å²) in [5, 5.41) is 23.5. The minimum atomic E-state index is -0.363. The maximum Gasteiger partial charge on any atom is 0.258 e. The van der Waals surface area contributed by atoms with Gasteiger partial charge in [0.15, 0.2) is 0 Å². The number of hydrogen-bond donors (Lipinski definition) is 2. The Morgan fingerprint density at radius 3 is 2.29 bits per heavy atom. The van der Waals surface area contributed by atoms with Gasteiger partial charge in [0.05, 0.1) is 30.9 Å². The molecule has 356 valence electrons. The molecule has 3 aliphatic rings. The summed E-state index contributed by atoms with van der Waals surface area (Å²) in [7, 11) is 1.92. The van der Waals surface area contributed by atoms with Gasteiger partial charge in [-0.25, -0.2) is 0 Å². The Morgan fingerprint density at radius 1 is 0.870 bits per heavy atom. The van der Waals surface area contributed by atoms with Gasteiger partial charge >= 0.3 is 0 Å². The number of ether oxygens (including phenoxy) is 2. The SMILES string of the molecule is Cc1c(C(=O)Nc2ccc(O)cc2)c(-c2cc(C#N)n(C(C)C)c2C)c(-c2cc3c(cc2C(=O)N2Cc4ccccc4C[C@H]2C)CN(C(=O)Cc2ccc(OCCN4CCOCC4)cc2)CC3)n1C. The van der Waals surface area contributed by atoms with Gasteiger partial charge in [-0.1, -0.05) is 36.4 Å². The molecule has 3 amide bonds. The lowest BCUT2D eigenvalue weighted by Crippen LogP contribution is -2.43. The highest BCUT2D eigenvalue weighted by Gasteiger charge is 2.35. The number of carbonyl (C=O) groups excluding carboxylic acids is 3. The normalized spacial score (nSPS) is 15.9. The molecule has 2 N–H and O–H groups in total. The van der Waals surface area contributed by atoms with Crippen LogP contribution in [0.5, 0.6) is 11.5 Å². The molecule has 0 aliphatic carbocycles. The summed E-state index contributed by atoms with van der Waals surface area (Å²) in [6, 6.07) is 30.5. The zero-order chi connectivity index (χ0) is 48.5. The van der Waals surface area contributed by atoms with Crippen molar-refractivity contribution in [2.75, 3.05) is 51.3 Å². The van der Waals surface area contributed by atoms with E-state index in [0.717, 1.165) is 72.1 Å². The van der Waals surface area contributed by atoms with Gasteiger partial charge in [0, 0.05) is 97.7 Å². The summed E-state index contributed by atoms with van der Waals surface area (Å²) < 4.78 is 15.5. The van der Waals surface area contributed by atoms with Gasteiger partial charge in [-0.15, -0.1) is 0 Å². The van der Waals surface area contributed by atoms with E-state index in [9.17, 15) is 20.0 Å². The quantitative estimate of drug-likeness (QED) is 0.116. The largest absolute Gasteiger partial charge is 0.508 e. The van der Waals surface area contributed by atoms with Crippen LogP contribution < -0.4 is 10.1 Å². The van der Waals surface area contributed by atoms with Gasteiger partial charge in [-0.3, -0.25) is 19.3 Å². The molecule has 0 bridgehead atoms. The molecular formula is C56H61N7O6. The number of hydrogen-bond acceptors (Lipinski definition) is 8. The van der Waals surface area contributed by atoms with Gasteiger partial charge in [-0.2, -0.15) is 5.26 Å². The highest BCUT2D eigenvalue weighted by molar-refractivity contribution is 6.14. The summed E-state index contributed by atoms with van der Waals surface area (Å²) in [6.45, 7) is 16.0. The minimum absolute atomic E-state index is 0.00270. The number of phenolic OH excluding ortho intramolecular Hbond substituents is 1. The standard InChI is InChI=1S/C56H61N7O6/c1-35(2)63-37(4)48(31-45(63)32-57)53-52(55(66)58-44-13-15-46(64)16-14-44)38(5)59(6)54(53)49-29-41-19-20-61(51(65)28-39-11-17-47(18-12-39)69-26-23-60-21-24-68-25-22-60)33-43(41)30-50(49)56(67)62-34-42-10-8-7-9-40(42)27-36(62)3/h7-18,29-31,35-36,64H,19-28,33-34H2,1-6H3,(H,58,66)/t36-/m1/s1. The zero-order valence-electron chi connectivity index (χ0n) is 40.5. The molecule has 4 aromatic carbocycles. The number of benzene rings is 4. The minimum Gasteiger partial charge on any atom is -0.508 e. The van der Waals surface area contributed by atoms with Crippen molar-refractivity contribution in [3.05, 3.63) is 147 Å². The van der Waals surface area contributed by atoms with Crippen LogP contribution >= 0.6 is 0 Å². The first-order chi connectivity index (χ1) is 33.3. The molecule has 2 aromatic heterocycles. The van der Waals surface area contributed by atoms with Crippen molar-refractivity contribution in [2.45, 2.75) is 79.1 Å². The van der Waals surface area contributed by atoms with E-state index in [0.29, 0.717) is 84.1 Å². The van der Waals surface area contributed by atoms with Gasteiger partial charge in [0.1, 0.15) is 29.9 Å². The van der Waals surface area contributed by atoms with E-state index in [4.69, 9.17) is 9.47 Å². The number of aromatic nitrogens is 2. The summed E-state index contributed by atoms with van der Waals surface area (Å²) in [5.74, 6) is 0.349. The second-order valence-corrected chi connectivity index (χ2v) is 19.0. The number of phenols is 1. The summed E-state index contributed by atoms with van der Waals surface area (Å²) in [5.41, 5.74) is 11.2. The smallest absolute Gasteiger partial charge is 0.258 e. The number of carbonyl (C=O) groups is 3. The lowest BCUT2D eigenvalue weighted by Gasteiger charge is -2.36. The molecule has 13 nitrogen and oxygen atoms in total. The molecule has 9 rings (SSSR count). The fourth-order valence-corrected chi connectivity index (χ4v) is 10.4. The number of amides is 3. The Bertz CT molecular complexity index is 2950. The number of nitrogens with zero attached hydrogens (tertiary/aromatic N) is 6. The Kier molecular flexibility index (Phi) is 13.5. The molecule has 0 radical (unpaired) electrons. The summed E-state index contributed by atoms with van der Waals surface area (Å²) in [6.07, 6.45) is 1.51. The molecule has 0 saturated carbocycles. The third-order valence-electron chi connectivity index (χ3n) is 14.2. The van der Waals surface area contributed by atoms with Crippen LogP contribution in [0.25, 0.3) is 22.4 Å². The summed E-state index contributed by atoms with van der Waals surface area (Å²) in [4.78, 5) is 50.5. The lowest BCUT2D eigenvalue weighted by atomic mass is 9.87. The highest BCUT2D eigenvalue weighted by atomic mass is 16.5. The lowest BCUT2D eigenvalue weighted by molar-refractivity contribution is -0.131. The average Bonchev–Trinajstić information content (AvgIpc) is 3.83. The molecule has 0 unspecified atom stereocenters. The Labute approximate surface area is 404 Å². The number of nitriles is 1. The Hall–Kier alpha value is -7.14. The molecule has 0 spiro atoms. The second-order valence-electron chi connectivity index (χ2n) is 19.0. The van der Waals surface area contributed by atoms with Crippen molar-refractivity contribution in [3.8, 4) is 40.0 Å². The fraction of sp³-hybridized carbons (Fsp3) is 0.357. The van der Waals surface area contributed by atoms with Crippen LogP contribution in [-0.2, 0) is 48.9 Å². The van der Waals surface area contributed by atoms with E-state index in [1.165, 1.54) is 17.7 Å². The van der Waals surface area contributed by atoms with Crippen molar-refractivity contribution in [2.24, 2.45) is 7.05 Å². The van der Waals surface area contributed by atoms with Crippen LogP contribution in [0.1, 0.15) is 92.4 Å². The van der Waals surface area contributed by atoms with Gasteiger partial charge in [0.2, 0.25) is 5.91 Å². The highest BCUT2D eigenvalue weighted by Crippen LogP contribution is 2.45. The fourth-order valence-electron chi connectivity index (χ4n) is 10.4. The zero-order valence-corrected chi connectivity index (χ0v) is 40.5. The van der Waals surface area contributed by atoms with Crippen molar-refractivity contribution >= 4 is 23.4 Å². The Balaban J connectivity index is 1.10. The summed E-state index contributed by atoms with van der Waals surface area (Å²) >= 11 is 0. The van der Waals surface area contributed by atoms with E-state index >= 15 is 4.79 Å². The first-order valence-electron chi connectivity index (χ1n) is 24.0. The van der Waals surface area contributed by atoms with E-state index in [1.807, 2.05) is 102 Å². The molecule has 69 heavy (non-hydrogen) atoms. The molecule has 1 saturated heterocycles. The van der Waals surface area contributed by atoms with Gasteiger partial charge in [0.25, 0.3) is 11.8 Å². The number of aromatic hydroxyl groups is 1. The van der Waals surface area contributed by atoms with Crippen molar-refractivity contribution < 1.29 is 29.0 Å². The maximum atomic E-state index is 15.5. The van der Waals surface area contributed by atoms with E-state index in [2.05, 4.69) is 41.4 Å². The Morgan fingerprint density at radius 2 is 1.59 bits per heavy atom. The predicted octanol–water partition coefficient (Wildman–Crippen LogP) is 8.61. The molecule has 1 fully saturated rings. The predicted molar refractivity (Wildman–Crippen MR) is 266 cm³/mol. The molecular weight excluding hydrogens is 867 g/mol. The maximum absolute atomic E-state index is 15.5. The first kappa shape index (κ1) is 46.9. The van der Waals surface area contributed by atoms with E-state index < -0.39 is 0 Å². The number of morpholine rings is 1. The molecule has 6 aromatic rings. The van der Waals surface area contributed by atoms with Crippen LogP contribution in [0.4, 0.5) is 5.69 Å². The number of rotatable bonds is 12. The third-order valence-corrected chi connectivity index (χ3v) is 14.2. The number of nitrogens with one attached hydrogen (secondary N) is 1. The van der Waals surface area contributed by atoms with Crippen LogP contribution in [0.2, 0.25) is 0 Å². The molecule has 1 atom stereocenters. The second kappa shape index (κ2) is 19.8. The average molecular weight is 928 g/mol. The van der Waals surface area contributed by atoms with Gasteiger partial charge < -0.3 is 38.8 Å². The van der Waals surface area contributed by atoms with E-state index in [-0.39, 0.29) is 42.0 Å². The van der Waals surface area contributed by atoms with Crippen LogP contribution in [0.3, 0.4) is 0 Å². The topological polar surface area (TPSA) is 145 Å². The first-order valence-corrected chi connectivity index (χ1v) is 24.0. The van der Waals surface area contributed by atoms with Crippen molar-refractivity contribution in [1.29, 1.82) is 5.26 Å². The van der Waals surface area contributed by atoms with Crippen LogP contribution in [0.15, 0.2) is 91.0 Å². The molecule has 13 heteroatoms. The third kappa shape index (κ3) is 9.52. The van der Waals surface area contributed by atoms with Crippen LogP contribution in [0, 0.1) is 25.2 Å². The monoisotopic (exact) mass is 927 g/mol.